The Labute approximate surface area is 111 Å². The number of rotatable bonds is 12. The topological polar surface area (TPSA) is 52.0 Å². The van der Waals surface area contributed by atoms with Crippen molar-refractivity contribution < 1.29 is 0 Å². The van der Waals surface area contributed by atoms with Gasteiger partial charge in [0.1, 0.15) is 0 Å². The van der Waals surface area contributed by atoms with E-state index in [0.717, 1.165) is 5.75 Å². The number of nitrogens with two attached hydrogens (primary N) is 2. The molecule has 0 aliphatic heterocycles. The number of hydrogen-bond donors (Lipinski definition) is 2. The summed E-state index contributed by atoms with van der Waals surface area (Å²) >= 11 is 1.58. The summed E-state index contributed by atoms with van der Waals surface area (Å²) in [6, 6.07) is 0. The van der Waals surface area contributed by atoms with Crippen molar-refractivity contribution in [1.82, 2.24) is 0 Å². The van der Waals surface area contributed by atoms with Gasteiger partial charge >= 0.3 is 5.11 Å². The second-order valence-electron chi connectivity index (χ2n) is 4.79. The lowest BCUT2D eigenvalue weighted by Gasteiger charge is -2.00. The molecule has 0 amide bonds. The fourth-order valence-corrected chi connectivity index (χ4v) is 2.54. The summed E-state index contributed by atoms with van der Waals surface area (Å²) in [7, 11) is 0. The molecule has 0 heterocycles. The highest BCUT2D eigenvalue weighted by molar-refractivity contribution is 7.78. The van der Waals surface area contributed by atoms with Crippen LogP contribution in [0.3, 0.4) is 0 Å². The van der Waals surface area contributed by atoms with Crippen LogP contribution in [0.4, 0.5) is 0 Å². The maximum atomic E-state index is 5.38. The molecule has 0 atom stereocenters. The quantitative estimate of drug-likeness (QED) is 0.321. The minimum Gasteiger partial charge on any atom is -0.243 e. The van der Waals surface area contributed by atoms with Gasteiger partial charge in [-0.15, -0.1) is 0 Å². The Kier molecular flexibility index (Phi) is 14.1. The van der Waals surface area contributed by atoms with Gasteiger partial charge < -0.3 is 0 Å². The molecule has 0 unspecified atom stereocenters. The van der Waals surface area contributed by atoms with E-state index in [4.69, 9.17) is 11.5 Å². The smallest absolute Gasteiger partial charge is 0.243 e. The molecule has 0 saturated heterocycles. The number of unbranched alkanes of at least 4 members (excludes halogenated alkanes) is 10. The first-order chi connectivity index (χ1) is 8.27. The van der Waals surface area contributed by atoms with Crippen molar-refractivity contribution in [2.24, 2.45) is 11.5 Å². The second-order valence-corrected chi connectivity index (χ2v) is 5.95. The Morgan fingerprint density at radius 2 is 1.12 bits per heavy atom. The highest BCUT2D eigenvalue weighted by Gasteiger charge is 1.98. The fraction of sp³-hybridized carbons (Fsp3) is 0.929. The lowest BCUT2D eigenvalue weighted by Crippen LogP contribution is -2.24. The maximum Gasteiger partial charge on any atom is 0.314 e. The predicted molar refractivity (Wildman–Crippen MR) is 82.1 cm³/mol. The van der Waals surface area contributed by atoms with Gasteiger partial charge in [0.15, 0.2) is 5.75 Å². The van der Waals surface area contributed by atoms with Crippen molar-refractivity contribution in [3.63, 3.8) is 0 Å². The van der Waals surface area contributed by atoms with Gasteiger partial charge in [0.25, 0.3) is 0 Å². The Bertz CT molecular complexity index is 177. The standard InChI is InChI=1S/C14H31N2S/c1-2-3-4-5-6-7-8-9-10-11-12-13-17-14(15)16/h2-13,15-16H2,1H3/q+1. The molecule has 0 aromatic heterocycles. The lowest BCUT2D eigenvalue weighted by atomic mass is 10.1. The summed E-state index contributed by atoms with van der Waals surface area (Å²) in [5.74, 6) is 1.08. The van der Waals surface area contributed by atoms with Crippen molar-refractivity contribution in [2.45, 2.75) is 77.6 Å². The Morgan fingerprint density at radius 1 is 0.706 bits per heavy atom. The fourth-order valence-electron chi connectivity index (χ4n) is 1.96. The molecule has 2 nitrogen and oxygen atoms in total. The molecule has 17 heavy (non-hydrogen) atoms. The maximum absolute atomic E-state index is 5.38. The monoisotopic (exact) mass is 259 g/mol. The van der Waals surface area contributed by atoms with Crippen molar-refractivity contribution in [3.05, 3.63) is 0 Å². The average molecular weight is 259 g/mol. The summed E-state index contributed by atoms with van der Waals surface area (Å²) in [5, 5.41) is 0.511. The zero-order chi connectivity index (χ0) is 12.8. The van der Waals surface area contributed by atoms with Gasteiger partial charge in [-0.2, -0.15) is 0 Å². The third-order valence-corrected chi connectivity index (χ3v) is 3.84. The Morgan fingerprint density at radius 3 is 1.53 bits per heavy atom. The summed E-state index contributed by atoms with van der Waals surface area (Å²) in [4.78, 5) is 0. The van der Waals surface area contributed by atoms with Crippen LogP contribution < -0.4 is 11.5 Å². The molecule has 0 bridgehead atoms. The third-order valence-electron chi connectivity index (χ3n) is 3.02. The first-order valence-corrected chi connectivity index (χ1v) is 8.26. The van der Waals surface area contributed by atoms with Gasteiger partial charge in [0.2, 0.25) is 11.4 Å². The molecule has 3 heteroatoms. The van der Waals surface area contributed by atoms with Crippen LogP contribution >= 0.6 is 0 Å². The Hall–Kier alpha value is 0.0100. The molecule has 0 fully saturated rings. The molecule has 0 saturated carbocycles. The average Bonchev–Trinajstić information content (AvgIpc) is 2.30. The van der Waals surface area contributed by atoms with Crippen LogP contribution in [0.25, 0.3) is 0 Å². The second kappa shape index (κ2) is 14.1. The minimum absolute atomic E-state index is 0.511. The molecule has 0 aliphatic rings. The van der Waals surface area contributed by atoms with Crippen LogP contribution in [0.15, 0.2) is 0 Å². The molecule has 102 valence electrons. The van der Waals surface area contributed by atoms with Crippen molar-refractivity contribution in [1.29, 1.82) is 0 Å². The molecular formula is C14H31N2S+. The molecule has 0 radical (unpaired) electrons. The van der Waals surface area contributed by atoms with E-state index in [1.165, 1.54) is 70.6 Å². The van der Waals surface area contributed by atoms with Crippen LogP contribution in [-0.2, 0) is 11.4 Å². The molecular weight excluding hydrogens is 228 g/mol. The van der Waals surface area contributed by atoms with Crippen molar-refractivity contribution >= 4 is 16.5 Å². The van der Waals surface area contributed by atoms with Crippen LogP contribution in [0.2, 0.25) is 0 Å². The van der Waals surface area contributed by atoms with E-state index >= 15 is 0 Å². The van der Waals surface area contributed by atoms with Crippen LogP contribution in [-0.4, -0.2) is 10.9 Å². The van der Waals surface area contributed by atoms with E-state index in [1.54, 1.807) is 11.4 Å². The number of hydrogen-bond acceptors (Lipinski definition) is 0. The van der Waals surface area contributed by atoms with Crippen LogP contribution in [0, 0.1) is 0 Å². The van der Waals surface area contributed by atoms with Gasteiger partial charge in [0, 0.05) is 6.42 Å². The highest BCUT2D eigenvalue weighted by Crippen LogP contribution is 2.10. The zero-order valence-corrected chi connectivity index (χ0v) is 12.4. The summed E-state index contributed by atoms with van der Waals surface area (Å²) in [6.07, 6.45) is 15.3. The van der Waals surface area contributed by atoms with E-state index in [2.05, 4.69) is 6.92 Å². The predicted octanol–water partition coefficient (Wildman–Crippen LogP) is 3.38. The molecule has 0 aromatic carbocycles. The normalized spacial score (nSPS) is 10.5. The first-order valence-electron chi connectivity index (χ1n) is 7.28. The van der Waals surface area contributed by atoms with E-state index in [0.29, 0.717) is 5.11 Å². The molecule has 0 spiro atoms. The molecule has 0 rings (SSSR count). The van der Waals surface area contributed by atoms with Gasteiger partial charge in [-0.05, 0) is 6.42 Å². The van der Waals surface area contributed by atoms with Crippen LogP contribution in [0.1, 0.15) is 77.6 Å². The SMILES string of the molecule is CCCCCCCCCCCCC[S+]=C(N)N. The molecule has 4 N–H and O–H groups in total. The Balaban J connectivity index is 2.96. The minimum atomic E-state index is 0.511. The van der Waals surface area contributed by atoms with Gasteiger partial charge in [-0.25, -0.2) is 11.5 Å². The van der Waals surface area contributed by atoms with Crippen molar-refractivity contribution in [3.8, 4) is 0 Å². The molecule has 0 aliphatic carbocycles. The largest absolute Gasteiger partial charge is 0.314 e. The summed E-state index contributed by atoms with van der Waals surface area (Å²) in [5.41, 5.74) is 10.8. The summed E-state index contributed by atoms with van der Waals surface area (Å²) < 4.78 is 0. The lowest BCUT2D eigenvalue weighted by molar-refractivity contribution is 0.555. The van der Waals surface area contributed by atoms with Gasteiger partial charge in [0.05, 0.1) is 0 Å². The third kappa shape index (κ3) is 16.0. The van der Waals surface area contributed by atoms with Gasteiger partial charge in [-0.1, -0.05) is 64.7 Å². The van der Waals surface area contributed by atoms with Crippen molar-refractivity contribution in [2.75, 3.05) is 5.75 Å². The molecule has 0 aromatic rings. The summed E-state index contributed by atoms with van der Waals surface area (Å²) in [6.45, 7) is 2.27. The van der Waals surface area contributed by atoms with E-state index in [1.807, 2.05) is 0 Å². The van der Waals surface area contributed by atoms with E-state index in [9.17, 15) is 0 Å². The van der Waals surface area contributed by atoms with Gasteiger partial charge in [-0.3, -0.25) is 0 Å². The first kappa shape index (κ1) is 17.0. The van der Waals surface area contributed by atoms with E-state index < -0.39 is 0 Å². The van der Waals surface area contributed by atoms with Crippen LogP contribution in [0.5, 0.6) is 0 Å². The zero-order valence-electron chi connectivity index (χ0n) is 11.5. The van der Waals surface area contributed by atoms with E-state index in [-0.39, 0.29) is 0 Å². The highest BCUT2D eigenvalue weighted by atomic mass is 32.1.